The number of rotatable bonds is 6. The SMILES string of the molecule is CCCNCc1cnc(CCC(F)(F)F)s1. The number of alkyl halides is 3. The lowest BCUT2D eigenvalue weighted by Gasteiger charge is -2.02. The predicted molar refractivity (Wildman–Crippen MR) is 58.5 cm³/mol. The molecule has 1 N–H and O–H groups in total. The molecule has 2 nitrogen and oxygen atoms in total. The van der Waals surface area contributed by atoms with Crippen LogP contribution in [0.3, 0.4) is 0 Å². The van der Waals surface area contributed by atoms with E-state index in [1.165, 1.54) is 11.3 Å². The first-order valence-corrected chi connectivity index (χ1v) is 6.04. The van der Waals surface area contributed by atoms with E-state index in [0.29, 0.717) is 11.6 Å². The second-order valence-electron chi connectivity index (χ2n) is 3.51. The van der Waals surface area contributed by atoms with Crippen molar-refractivity contribution in [2.75, 3.05) is 6.54 Å². The summed E-state index contributed by atoms with van der Waals surface area (Å²) in [6.07, 6.45) is -2.20. The fourth-order valence-corrected chi connectivity index (χ4v) is 2.07. The van der Waals surface area contributed by atoms with E-state index in [9.17, 15) is 13.2 Å². The Kier molecular flexibility index (Phi) is 5.21. The Morgan fingerprint density at radius 3 is 2.81 bits per heavy atom. The van der Waals surface area contributed by atoms with Crippen LogP contribution in [0.2, 0.25) is 0 Å². The molecule has 6 heteroatoms. The molecule has 0 aromatic carbocycles. The Hall–Kier alpha value is -0.620. The van der Waals surface area contributed by atoms with Crippen LogP contribution in [0.15, 0.2) is 6.20 Å². The summed E-state index contributed by atoms with van der Waals surface area (Å²) in [5, 5.41) is 3.75. The summed E-state index contributed by atoms with van der Waals surface area (Å²) >= 11 is 1.35. The van der Waals surface area contributed by atoms with Crippen LogP contribution in [0.4, 0.5) is 13.2 Å². The average molecular weight is 252 g/mol. The molecule has 92 valence electrons. The van der Waals surface area contributed by atoms with Crippen molar-refractivity contribution in [2.24, 2.45) is 0 Å². The van der Waals surface area contributed by atoms with Gasteiger partial charge in [-0.1, -0.05) is 6.92 Å². The molecule has 0 bridgehead atoms. The second-order valence-corrected chi connectivity index (χ2v) is 4.71. The lowest BCUT2D eigenvalue weighted by Crippen LogP contribution is -2.12. The Bertz CT molecular complexity index is 309. The van der Waals surface area contributed by atoms with Crippen molar-refractivity contribution in [3.05, 3.63) is 16.1 Å². The molecule has 0 spiro atoms. The quantitative estimate of drug-likeness (QED) is 0.787. The zero-order valence-corrected chi connectivity index (χ0v) is 9.92. The van der Waals surface area contributed by atoms with E-state index in [2.05, 4.69) is 17.2 Å². The molecule has 0 aliphatic rings. The Morgan fingerprint density at radius 1 is 1.44 bits per heavy atom. The maximum atomic E-state index is 12.0. The molecule has 0 aliphatic carbocycles. The summed E-state index contributed by atoms with van der Waals surface area (Å²) in [5.74, 6) is 0. The Morgan fingerprint density at radius 2 is 2.19 bits per heavy atom. The first kappa shape index (κ1) is 13.4. The van der Waals surface area contributed by atoms with E-state index in [-0.39, 0.29) is 6.42 Å². The number of hydrogen-bond acceptors (Lipinski definition) is 3. The number of thiazole rings is 1. The first-order chi connectivity index (χ1) is 7.51. The van der Waals surface area contributed by atoms with Crippen LogP contribution >= 0.6 is 11.3 Å². The number of aryl methyl sites for hydroxylation is 1. The zero-order valence-electron chi connectivity index (χ0n) is 9.10. The predicted octanol–water partition coefficient (Wildman–Crippen LogP) is 3.14. The van der Waals surface area contributed by atoms with Gasteiger partial charge in [-0.15, -0.1) is 11.3 Å². The van der Waals surface area contributed by atoms with Crippen LogP contribution < -0.4 is 5.32 Å². The molecule has 16 heavy (non-hydrogen) atoms. The van der Waals surface area contributed by atoms with E-state index in [4.69, 9.17) is 0 Å². The minimum Gasteiger partial charge on any atom is -0.312 e. The van der Waals surface area contributed by atoms with Crippen molar-refractivity contribution in [1.29, 1.82) is 0 Å². The van der Waals surface area contributed by atoms with Gasteiger partial charge in [0.2, 0.25) is 0 Å². The topological polar surface area (TPSA) is 24.9 Å². The standard InChI is InChI=1S/C10H15F3N2S/c1-2-5-14-6-8-7-15-9(16-8)3-4-10(11,12)13/h7,14H,2-6H2,1H3. The Labute approximate surface area is 96.9 Å². The van der Waals surface area contributed by atoms with Crippen LogP contribution in [0.1, 0.15) is 29.7 Å². The summed E-state index contributed by atoms with van der Waals surface area (Å²) < 4.78 is 35.9. The lowest BCUT2D eigenvalue weighted by atomic mass is 10.3. The molecule has 0 saturated carbocycles. The second kappa shape index (κ2) is 6.20. The van der Waals surface area contributed by atoms with Crippen LogP contribution in [-0.4, -0.2) is 17.7 Å². The van der Waals surface area contributed by atoms with Crippen LogP contribution in [0.5, 0.6) is 0 Å². The van der Waals surface area contributed by atoms with Gasteiger partial charge in [-0.25, -0.2) is 4.98 Å². The molecule has 0 amide bonds. The number of nitrogens with zero attached hydrogens (tertiary/aromatic N) is 1. The third kappa shape index (κ3) is 5.46. The van der Waals surface area contributed by atoms with Gasteiger partial charge in [-0.2, -0.15) is 13.2 Å². The van der Waals surface area contributed by atoms with Gasteiger partial charge in [-0.3, -0.25) is 0 Å². The monoisotopic (exact) mass is 252 g/mol. The highest BCUT2D eigenvalue weighted by molar-refractivity contribution is 7.11. The molecule has 1 rings (SSSR count). The third-order valence-electron chi connectivity index (χ3n) is 1.95. The molecule has 0 fully saturated rings. The van der Waals surface area contributed by atoms with Crippen LogP contribution in [-0.2, 0) is 13.0 Å². The highest BCUT2D eigenvalue weighted by Crippen LogP contribution is 2.23. The average Bonchev–Trinajstić information content (AvgIpc) is 2.62. The number of nitrogens with one attached hydrogen (secondary N) is 1. The number of halogens is 3. The fourth-order valence-electron chi connectivity index (χ4n) is 1.18. The van der Waals surface area contributed by atoms with E-state index in [0.717, 1.165) is 17.8 Å². The number of aromatic nitrogens is 1. The maximum Gasteiger partial charge on any atom is 0.389 e. The molecular weight excluding hydrogens is 237 g/mol. The van der Waals surface area contributed by atoms with E-state index in [1.807, 2.05) is 0 Å². The van der Waals surface area contributed by atoms with Crippen molar-refractivity contribution in [3.8, 4) is 0 Å². The van der Waals surface area contributed by atoms with Gasteiger partial charge in [0, 0.05) is 30.5 Å². The van der Waals surface area contributed by atoms with Gasteiger partial charge in [-0.05, 0) is 13.0 Å². The molecule has 0 radical (unpaired) electrons. The minimum absolute atomic E-state index is 0.0120. The van der Waals surface area contributed by atoms with Gasteiger partial charge in [0.25, 0.3) is 0 Å². The highest BCUT2D eigenvalue weighted by atomic mass is 32.1. The van der Waals surface area contributed by atoms with Gasteiger partial charge >= 0.3 is 6.18 Å². The summed E-state index contributed by atoms with van der Waals surface area (Å²) in [6.45, 7) is 3.67. The third-order valence-corrected chi connectivity index (χ3v) is 3.01. The molecule has 1 aromatic rings. The van der Waals surface area contributed by atoms with E-state index >= 15 is 0 Å². The van der Waals surface area contributed by atoms with Gasteiger partial charge in [0.1, 0.15) is 0 Å². The molecule has 1 aromatic heterocycles. The van der Waals surface area contributed by atoms with Crippen molar-refractivity contribution in [3.63, 3.8) is 0 Å². The molecule has 0 aliphatic heterocycles. The number of hydrogen-bond donors (Lipinski definition) is 1. The molecule has 0 saturated heterocycles. The summed E-state index contributed by atoms with van der Waals surface area (Å²) in [6, 6.07) is 0. The van der Waals surface area contributed by atoms with Crippen molar-refractivity contribution < 1.29 is 13.2 Å². The molecular formula is C10H15F3N2S. The highest BCUT2D eigenvalue weighted by Gasteiger charge is 2.27. The van der Waals surface area contributed by atoms with E-state index in [1.54, 1.807) is 6.20 Å². The van der Waals surface area contributed by atoms with Gasteiger partial charge in [0.15, 0.2) is 0 Å². The van der Waals surface area contributed by atoms with Gasteiger partial charge < -0.3 is 5.32 Å². The van der Waals surface area contributed by atoms with Crippen molar-refractivity contribution in [2.45, 2.75) is 38.9 Å². The summed E-state index contributed by atoms with van der Waals surface area (Å²) in [5.41, 5.74) is 0. The molecule has 0 unspecified atom stereocenters. The van der Waals surface area contributed by atoms with Crippen molar-refractivity contribution in [1.82, 2.24) is 10.3 Å². The zero-order chi connectivity index (χ0) is 12.0. The summed E-state index contributed by atoms with van der Waals surface area (Å²) in [4.78, 5) is 4.97. The smallest absolute Gasteiger partial charge is 0.312 e. The Balaban J connectivity index is 2.33. The molecule has 0 atom stereocenters. The largest absolute Gasteiger partial charge is 0.389 e. The minimum atomic E-state index is -4.09. The summed E-state index contributed by atoms with van der Waals surface area (Å²) in [7, 11) is 0. The van der Waals surface area contributed by atoms with Crippen LogP contribution in [0, 0.1) is 0 Å². The van der Waals surface area contributed by atoms with Crippen LogP contribution in [0.25, 0.3) is 0 Å². The molecule has 1 heterocycles. The maximum absolute atomic E-state index is 12.0. The fraction of sp³-hybridized carbons (Fsp3) is 0.700. The van der Waals surface area contributed by atoms with Gasteiger partial charge in [0.05, 0.1) is 5.01 Å². The van der Waals surface area contributed by atoms with E-state index < -0.39 is 12.6 Å². The lowest BCUT2D eigenvalue weighted by molar-refractivity contribution is -0.133. The first-order valence-electron chi connectivity index (χ1n) is 5.22. The van der Waals surface area contributed by atoms with Crippen molar-refractivity contribution >= 4 is 11.3 Å². The normalized spacial score (nSPS) is 12.0.